The van der Waals surface area contributed by atoms with Crippen LogP contribution in [0.15, 0.2) is 48.5 Å². The minimum absolute atomic E-state index is 0.177. The Balaban J connectivity index is 1.44. The summed E-state index contributed by atoms with van der Waals surface area (Å²) in [6, 6.07) is 16.0. The number of fused-ring (bicyclic) bond motifs is 1. The number of rotatable bonds is 4. The molecule has 1 fully saturated rings. The first-order chi connectivity index (χ1) is 13.3. The summed E-state index contributed by atoms with van der Waals surface area (Å²) in [6.07, 6.45) is 2.74. The van der Waals surface area contributed by atoms with Gasteiger partial charge < -0.3 is 19.7 Å². The van der Waals surface area contributed by atoms with Gasteiger partial charge in [0.05, 0.1) is 13.2 Å². The molecule has 2 heterocycles. The first-order valence-electron chi connectivity index (χ1n) is 9.72. The molecule has 142 valence electrons. The summed E-state index contributed by atoms with van der Waals surface area (Å²) in [5, 5.41) is 3.44. The standard InChI is InChI=1S/C22H26N2O3/c25-22(27-16-17-5-2-1-3-6-17)20-8-4-7-18-9-10-19(15-21(18)23-20)24-11-13-26-14-12-24/h1-3,5-6,9-10,15,20,23H,4,7-8,11-14,16H2. The maximum absolute atomic E-state index is 12.6. The lowest BCUT2D eigenvalue weighted by Gasteiger charge is -2.29. The number of anilines is 2. The molecule has 1 N–H and O–H groups in total. The number of hydrogen-bond donors (Lipinski definition) is 1. The Hall–Kier alpha value is -2.53. The van der Waals surface area contributed by atoms with Crippen LogP contribution in [0.2, 0.25) is 0 Å². The van der Waals surface area contributed by atoms with E-state index in [1.807, 2.05) is 30.3 Å². The summed E-state index contributed by atoms with van der Waals surface area (Å²) >= 11 is 0. The van der Waals surface area contributed by atoms with E-state index in [1.165, 1.54) is 11.3 Å². The number of morpholine rings is 1. The third-order valence-electron chi connectivity index (χ3n) is 5.25. The Kier molecular flexibility index (Phi) is 5.58. The molecule has 2 aliphatic rings. The Morgan fingerprint density at radius 1 is 1.15 bits per heavy atom. The van der Waals surface area contributed by atoms with Gasteiger partial charge in [0.25, 0.3) is 0 Å². The van der Waals surface area contributed by atoms with Crippen molar-refractivity contribution >= 4 is 17.3 Å². The topological polar surface area (TPSA) is 50.8 Å². The van der Waals surface area contributed by atoms with E-state index in [0.717, 1.165) is 56.8 Å². The van der Waals surface area contributed by atoms with Gasteiger partial charge in [0.1, 0.15) is 12.6 Å². The number of aryl methyl sites for hydroxylation is 1. The smallest absolute Gasteiger partial charge is 0.328 e. The molecule has 0 amide bonds. The molecule has 1 saturated heterocycles. The lowest BCUT2D eigenvalue weighted by Crippen LogP contribution is -2.36. The molecule has 0 saturated carbocycles. The highest BCUT2D eigenvalue weighted by Crippen LogP contribution is 2.29. The normalized spacial score (nSPS) is 19.6. The SMILES string of the molecule is O=C(OCc1ccccc1)C1CCCc2ccc(N3CCOCC3)cc2N1. The van der Waals surface area contributed by atoms with Crippen molar-refractivity contribution in [2.75, 3.05) is 36.5 Å². The van der Waals surface area contributed by atoms with Gasteiger partial charge in [-0.3, -0.25) is 0 Å². The van der Waals surface area contributed by atoms with Crippen molar-refractivity contribution in [3.8, 4) is 0 Å². The average Bonchev–Trinajstić information content (AvgIpc) is 2.95. The first kappa shape index (κ1) is 17.9. The predicted molar refractivity (Wildman–Crippen MR) is 106 cm³/mol. The maximum atomic E-state index is 12.6. The third-order valence-corrected chi connectivity index (χ3v) is 5.25. The van der Waals surface area contributed by atoms with E-state index in [1.54, 1.807) is 0 Å². The summed E-state index contributed by atoms with van der Waals surface area (Å²) < 4.78 is 11.0. The summed E-state index contributed by atoms with van der Waals surface area (Å²) in [6.45, 7) is 3.65. The Morgan fingerprint density at radius 3 is 2.78 bits per heavy atom. The van der Waals surface area contributed by atoms with Gasteiger partial charge in [-0.05, 0) is 42.5 Å². The molecule has 0 aromatic heterocycles. The Morgan fingerprint density at radius 2 is 1.96 bits per heavy atom. The van der Waals surface area contributed by atoms with Crippen LogP contribution in [-0.2, 0) is 27.3 Å². The second-order valence-electron chi connectivity index (χ2n) is 7.12. The van der Waals surface area contributed by atoms with Gasteiger partial charge in [-0.15, -0.1) is 0 Å². The van der Waals surface area contributed by atoms with Crippen LogP contribution in [0.3, 0.4) is 0 Å². The van der Waals surface area contributed by atoms with E-state index >= 15 is 0 Å². The predicted octanol–water partition coefficient (Wildman–Crippen LogP) is 3.38. The fourth-order valence-corrected chi connectivity index (χ4v) is 3.70. The van der Waals surface area contributed by atoms with Crippen molar-refractivity contribution in [1.29, 1.82) is 0 Å². The summed E-state index contributed by atoms with van der Waals surface area (Å²) in [5.74, 6) is -0.177. The minimum Gasteiger partial charge on any atom is -0.459 e. The number of carbonyl (C=O) groups is 1. The molecule has 2 aromatic rings. The molecular weight excluding hydrogens is 340 g/mol. The largest absolute Gasteiger partial charge is 0.459 e. The van der Waals surface area contributed by atoms with Gasteiger partial charge in [-0.1, -0.05) is 36.4 Å². The molecule has 27 heavy (non-hydrogen) atoms. The molecule has 0 spiro atoms. The molecule has 2 aromatic carbocycles. The summed E-state index contributed by atoms with van der Waals surface area (Å²) in [4.78, 5) is 14.9. The molecule has 0 bridgehead atoms. The quantitative estimate of drug-likeness (QED) is 0.841. The Bertz CT molecular complexity index is 772. The molecule has 4 rings (SSSR count). The number of hydrogen-bond acceptors (Lipinski definition) is 5. The molecular formula is C22H26N2O3. The van der Waals surface area contributed by atoms with Gasteiger partial charge in [-0.25, -0.2) is 4.79 Å². The lowest BCUT2D eigenvalue weighted by molar-refractivity contribution is -0.146. The van der Waals surface area contributed by atoms with Gasteiger partial charge in [0.2, 0.25) is 0 Å². The highest BCUT2D eigenvalue weighted by Gasteiger charge is 2.24. The second kappa shape index (κ2) is 8.44. The number of carbonyl (C=O) groups excluding carboxylic acids is 1. The number of nitrogens with one attached hydrogen (secondary N) is 1. The Labute approximate surface area is 160 Å². The highest BCUT2D eigenvalue weighted by atomic mass is 16.5. The van der Waals surface area contributed by atoms with Crippen LogP contribution in [0.25, 0.3) is 0 Å². The fraction of sp³-hybridized carbons (Fsp3) is 0.409. The van der Waals surface area contributed by atoms with E-state index in [9.17, 15) is 4.79 Å². The van der Waals surface area contributed by atoms with Crippen LogP contribution in [-0.4, -0.2) is 38.3 Å². The van der Waals surface area contributed by atoms with E-state index in [4.69, 9.17) is 9.47 Å². The van der Waals surface area contributed by atoms with Gasteiger partial charge in [0.15, 0.2) is 0 Å². The molecule has 5 heteroatoms. The van der Waals surface area contributed by atoms with E-state index < -0.39 is 0 Å². The third kappa shape index (κ3) is 4.42. The van der Waals surface area contributed by atoms with Gasteiger partial charge in [0, 0.05) is 24.5 Å². The van der Waals surface area contributed by atoms with Crippen molar-refractivity contribution in [3.63, 3.8) is 0 Å². The lowest BCUT2D eigenvalue weighted by atomic mass is 10.1. The molecule has 0 aliphatic carbocycles. The van der Waals surface area contributed by atoms with Crippen LogP contribution in [0.4, 0.5) is 11.4 Å². The van der Waals surface area contributed by atoms with E-state index in [0.29, 0.717) is 6.61 Å². The van der Waals surface area contributed by atoms with Crippen LogP contribution in [0.5, 0.6) is 0 Å². The van der Waals surface area contributed by atoms with Gasteiger partial charge >= 0.3 is 5.97 Å². The molecule has 5 nitrogen and oxygen atoms in total. The zero-order valence-electron chi connectivity index (χ0n) is 15.5. The summed E-state index contributed by atoms with van der Waals surface area (Å²) in [7, 11) is 0. The molecule has 0 radical (unpaired) electrons. The van der Waals surface area contributed by atoms with E-state index in [-0.39, 0.29) is 12.0 Å². The maximum Gasteiger partial charge on any atom is 0.328 e. The van der Waals surface area contributed by atoms with Crippen LogP contribution >= 0.6 is 0 Å². The highest BCUT2D eigenvalue weighted by molar-refractivity contribution is 5.80. The number of benzene rings is 2. The van der Waals surface area contributed by atoms with Crippen molar-refractivity contribution in [1.82, 2.24) is 0 Å². The zero-order valence-corrected chi connectivity index (χ0v) is 15.5. The number of esters is 1. The van der Waals surface area contributed by atoms with Crippen LogP contribution < -0.4 is 10.2 Å². The first-order valence-corrected chi connectivity index (χ1v) is 9.72. The average molecular weight is 366 g/mol. The van der Waals surface area contributed by atoms with Crippen molar-refractivity contribution in [2.24, 2.45) is 0 Å². The van der Waals surface area contributed by atoms with Crippen molar-refractivity contribution in [3.05, 3.63) is 59.7 Å². The summed E-state index contributed by atoms with van der Waals surface area (Å²) in [5.41, 5.74) is 4.51. The monoisotopic (exact) mass is 366 g/mol. The van der Waals surface area contributed by atoms with Gasteiger partial charge in [-0.2, -0.15) is 0 Å². The number of nitrogens with zero attached hydrogens (tertiary/aromatic N) is 1. The van der Waals surface area contributed by atoms with Crippen LogP contribution in [0.1, 0.15) is 24.0 Å². The number of ether oxygens (including phenoxy) is 2. The zero-order chi connectivity index (χ0) is 18.5. The minimum atomic E-state index is -0.296. The van der Waals surface area contributed by atoms with Crippen LogP contribution in [0, 0.1) is 0 Å². The molecule has 1 atom stereocenters. The van der Waals surface area contributed by atoms with Crippen molar-refractivity contribution < 1.29 is 14.3 Å². The van der Waals surface area contributed by atoms with Crippen molar-refractivity contribution in [2.45, 2.75) is 31.9 Å². The molecule has 2 aliphatic heterocycles. The van der Waals surface area contributed by atoms with E-state index in [2.05, 4.69) is 28.4 Å². The second-order valence-corrected chi connectivity index (χ2v) is 7.12. The molecule has 1 unspecified atom stereocenters. The fourth-order valence-electron chi connectivity index (χ4n) is 3.70.